The maximum atomic E-state index is 13.6. The number of amides is 1. The summed E-state index contributed by atoms with van der Waals surface area (Å²) in [6.07, 6.45) is 6.36. The summed E-state index contributed by atoms with van der Waals surface area (Å²) in [5.41, 5.74) is 3.66. The van der Waals surface area contributed by atoms with Crippen LogP contribution in [0, 0.1) is 5.92 Å². The van der Waals surface area contributed by atoms with Gasteiger partial charge in [-0.15, -0.1) is 10.2 Å². The van der Waals surface area contributed by atoms with Crippen LogP contribution >= 0.6 is 11.6 Å². The molecule has 1 saturated heterocycles. The summed E-state index contributed by atoms with van der Waals surface area (Å²) in [5.74, 6) is 2.23. The number of hydrogen-bond acceptors (Lipinski definition) is 6. The highest BCUT2D eigenvalue weighted by Crippen LogP contribution is 2.38. The predicted molar refractivity (Wildman–Crippen MR) is 137 cm³/mol. The van der Waals surface area contributed by atoms with E-state index in [-0.39, 0.29) is 17.4 Å². The SMILES string of the molecule is CC(NCC1CCC1)c1cc(Cl)nc(N2Cc3ccc(C4(Cc5nncn5C)COC4)cc3C2=O)c1. The molecule has 0 radical (unpaired) electrons. The first-order valence-electron chi connectivity index (χ1n) is 12.7. The fraction of sp³-hybridized carbons (Fsp3) is 0.481. The van der Waals surface area contributed by atoms with Gasteiger partial charge >= 0.3 is 0 Å². The van der Waals surface area contributed by atoms with Crippen molar-refractivity contribution in [2.45, 2.75) is 50.6 Å². The van der Waals surface area contributed by atoms with Gasteiger partial charge in [0.2, 0.25) is 0 Å². The van der Waals surface area contributed by atoms with Crippen LogP contribution in [0.4, 0.5) is 5.82 Å². The second kappa shape index (κ2) is 9.25. The van der Waals surface area contributed by atoms with Crippen LogP contribution in [-0.2, 0) is 30.2 Å². The number of rotatable bonds is 8. The molecule has 6 rings (SSSR count). The summed E-state index contributed by atoms with van der Waals surface area (Å²) in [6.45, 7) is 4.83. The topological polar surface area (TPSA) is 85.2 Å². The van der Waals surface area contributed by atoms with Gasteiger partial charge in [0.25, 0.3) is 5.91 Å². The standard InChI is InChI=1S/C27H31ClN6O2/c1-17(29-12-18-4-3-5-18)20-8-23(28)31-24(9-20)34-13-19-6-7-21(10-22(19)26(34)35)27(14-36-15-27)11-25-32-30-16-33(25)2/h6-10,16-18,29H,3-5,11-15H2,1-2H3. The second-order valence-electron chi connectivity index (χ2n) is 10.6. The molecule has 1 aromatic carbocycles. The zero-order valence-electron chi connectivity index (χ0n) is 20.7. The molecular formula is C27H31ClN6O2. The molecule has 4 heterocycles. The van der Waals surface area contributed by atoms with Crippen molar-refractivity contribution >= 4 is 23.3 Å². The van der Waals surface area contributed by atoms with Crippen LogP contribution < -0.4 is 10.2 Å². The number of nitrogens with one attached hydrogen (secondary N) is 1. The second-order valence-corrected chi connectivity index (χ2v) is 11.0. The van der Waals surface area contributed by atoms with Crippen molar-refractivity contribution < 1.29 is 9.53 Å². The molecule has 2 aromatic heterocycles. The van der Waals surface area contributed by atoms with Crippen molar-refractivity contribution in [3.8, 4) is 0 Å². The number of aryl methyl sites for hydroxylation is 1. The molecule has 2 fully saturated rings. The molecule has 3 aliphatic rings. The van der Waals surface area contributed by atoms with Crippen molar-refractivity contribution in [3.05, 3.63) is 69.9 Å². The van der Waals surface area contributed by atoms with Crippen LogP contribution in [0.5, 0.6) is 0 Å². The van der Waals surface area contributed by atoms with Gasteiger partial charge in [0.05, 0.1) is 19.8 Å². The van der Waals surface area contributed by atoms with Gasteiger partial charge in [-0.05, 0) is 67.1 Å². The number of carbonyl (C=O) groups is 1. The Balaban J connectivity index is 1.23. The highest BCUT2D eigenvalue weighted by atomic mass is 35.5. The quantitative estimate of drug-likeness (QED) is 0.465. The van der Waals surface area contributed by atoms with Crippen LogP contribution in [0.2, 0.25) is 5.15 Å². The molecule has 1 atom stereocenters. The number of halogens is 1. The third-order valence-electron chi connectivity index (χ3n) is 8.10. The minimum atomic E-state index is -0.202. The lowest BCUT2D eigenvalue weighted by Crippen LogP contribution is -2.49. The van der Waals surface area contributed by atoms with E-state index in [0.29, 0.717) is 37.2 Å². The molecule has 1 N–H and O–H groups in total. The van der Waals surface area contributed by atoms with Crippen molar-refractivity contribution in [2.75, 3.05) is 24.7 Å². The molecular weight excluding hydrogens is 476 g/mol. The number of aromatic nitrogens is 4. The smallest absolute Gasteiger partial charge is 0.260 e. The van der Waals surface area contributed by atoms with Crippen LogP contribution in [0.25, 0.3) is 0 Å². The maximum absolute atomic E-state index is 13.6. The number of ether oxygens (including phenoxy) is 1. The van der Waals surface area contributed by atoms with E-state index in [2.05, 4.69) is 39.6 Å². The average molecular weight is 507 g/mol. The molecule has 1 unspecified atom stereocenters. The molecule has 0 bridgehead atoms. The molecule has 36 heavy (non-hydrogen) atoms. The highest BCUT2D eigenvalue weighted by Gasteiger charge is 2.43. The van der Waals surface area contributed by atoms with E-state index < -0.39 is 0 Å². The van der Waals surface area contributed by atoms with Crippen molar-refractivity contribution in [2.24, 2.45) is 13.0 Å². The molecule has 1 amide bonds. The van der Waals surface area contributed by atoms with Gasteiger partial charge < -0.3 is 14.6 Å². The van der Waals surface area contributed by atoms with E-state index in [1.807, 2.05) is 29.8 Å². The Morgan fingerprint density at radius 2 is 2.08 bits per heavy atom. The third-order valence-corrected chi connectivity index (χ3v) is 8.30. The summed E-state index contributed by atoms with van der Waals surface area (Å²) < 4.78 is 7.56. The molecule has 1 aliphatic carbocycles. The van der Waals surface area contributed by atoms with Crippen LogP contribution in [0.3, 0.4) is 0 Å². The van der Waals surface area contributed by atoms with Crippen LogP contribution in [-0.4, -0.2) is 45.4 Å². The molecule has 1 saturated carbocycles. The Hall–Kier alpha value is -2.81. The van der Waals surface area contributed by atoms with E-state index in [1.165, 1.54) is 19.3 Å². The van der Waals surface area contributed by atoms with Crippen molar-refractivity contribution in [1.29, 1.82) is 0 Å². The van der Waals surface area contributed by atoms with Gasteiger partial charge in [0.15, 0.2) is 0 Å². The van der Waals surface area contributed by atoms with Crippen molar-refractivity contribution in [3.63, 3.8) is 0 Å². The number of fused-ring (bicyclic) bond motifs is 1. The number of nitrogens with zero attached hydrogens (tertiary/aromatic N) is 5. The van der Waals surface area contributed by atoms with E-state index in [9.17, 15) is 4.79 Å². The van der Waals surface area contributed by atoms with Gasteiger partial charge in [-0.2, -0.15) is 0 Å². The van der Waals surface area contributed by atoms with Gasteiger partial charge in [0.1, 0.15) is 23.1 Å². The number of carbonyl (C=O) groups excluding carboxylic acids is 1. The van der Waals surface area contributed by atoms with E-state index >= 15 is 0 Å². The average Bonchev–Trinajstić information content (AvgIpc) is 3.36. The van der Waals surface area contributed by atoms with Crippen LogP contribution in [0.1, 0.15) is 65.1 Å². The fourth-order valence-electron chi connectivity index (χ4n) is 5.35. The minimum Gasteiger partial charge on any atom is -0.379 e. The Morgan fingerprint density at radius 3 is 2.75 bits per heavy atom. The van der Waals surface area contributed by atoms with Crippen LogP contribution in [0.15, 0.2) is 36.7 Å². The van der Waals surface area contributed by atoms with Gasteiger partial charge in [-0.3, -0.25) is 9.69 Å². The lowest BCUT2D eigenvalue weighted by molar-refractivity contribution is -0.0611. The predicted octanol–water partition coefficient (Wildman–Crippen LogP) is 3.99. The number of benzene rings is 1. The largest absolute Gasteiger partial charge is 0.379 e. The van der Waals surface area contributed by atoms with Gasteiger partial charge in [-0.25, -0.2) is 4.98 Å². The summed E-state index contributed by atoms with van der Waals surface area (Å²) in [7, 11) is 1.95. The molecule has 8 nitrogen and oxygen atoms in total. The lowest BCUT2D eigenvalue weighted by atomic mass is 9.75. The number of pyridine rings is 1. The summed E-state index contributed by atoms with van der Waals surface area (Å²) in [4.78, 5) is 19.8. The van der Waals surface area contributed by atoms with Crippen molar-refractivity contribution in [1.82, 2.24) is 25.1 Å². The molecule has 3 aromatic rings. The first kappa shape index (κ1) is 23.6. The van der Waals surface area contributed by atoms with E-state index in [0.717, 1.165) is 40.5 Å². The molecule has 188 valence electrons. The summed E-state index contributed by atoms with van der Waals surface area (Å²) >= 11 is 6.42. The number of hydrogen-bond donors (Lipinski definition) is 1. The Labute approximate surface area is 216 Å². The Bertz CT molecular complexity index is 1300. The minimum absolute atomic E-state index is 0.0447. The van der Waals surface area contributed by atoms with Gasteiger partial charge in [-0.1, -0.05) is 30.2 Å². The molecule has 0 spiro atoms. The zero-order valence-corrected chi connectivity index (χ0v) is 21.5. The van der Waals surface area contributed by atoms with E-state index in [4.69, 9.17) is 16.3 Å². The Morgan fingerprint density at radius 1 is 1.25 bits per heavy atom. The first-order valence-corrected chi connectivity index (χ1v) is 13.1. The Kier molecular flexibility index (Phi) is 6.06. The number of anilines is 1. The highest BCUT2D eigenvalue weighted by molar-refractivity contribution is 6.29. The third kappa shape index (κ3) is 4.21. The normalized spacial score (nSPS) is 19.6. The first-order chi connectivity index (χ1) is 17.4. The van der Waals surface area contributed by atoms with Gasteiger partial charge in [0, 0.05) is 30.5 Å². The zero-order chi connectivity index (χ0) is 24.9. The maximum Gasteiger partial charge on any atom is 0.260 e. The molecule has 9 heteroatoms. The van der Waals surface area contributed by atoms with E-state index in [1.54, 1.807) is 11.2 Å². The lowest BCUT2D eigenvalue weighted by Gasteiger charge is -2.41. The summed E-state index contributed by atoms with van der Waals surface area (Å²) in [6, 6.07) is 10.2. The molecule has 2 aliphatic heterocycles. The monoisotopic (exact) mass is 506 g/mol. The fourth-order valence-corrected chi connectivity index (χ4v) is 5.57. The summed E-state index contributed by atoms with van der Waals surface area (Å²) in [5, 5.41) is 12.3.